The largest absolute Gasteiger partial charge is 0.480 e. The minimum absolute atomic E-state index is 0.124. The SMILES string of the molecule is C[C@H](Oc1ccc(S(C)(=O)=O)cc1C(=O)N1Cc2cc(C(F)(F)F)cnc2C1)C(F)(F)F.C[C@H](Oc1ccc(S(C)(=O)=O)cc1C(=O)N1Cc2cnc(C(F)(F)F)cc2C1)C(F)(F)F. The Morgan fingerprint density at radius 3 is 1.44 bits per heavy atom. The van der Waals surface area contributed by atoms with Crippen LogP contribution in [0.2, 0.25) is 0 Å². The van der Waals surface area contributed by atoms with Crippen LogP contribution >= 0.6 is 0 Å². The van der Waals surface area contributed by atoms with Gasteiger partial charge in [-0.15, -0.1) is 0 Å². The smallest absolute Gasteiger partial charge is 0.433 e. The molecular formula is C38H32F12N4O8S2. The van der Waals surface area contributed by atoms with Crippen molar-refractivity contribution < 1.29 is 88.6 Å². The molecule has 26 heteroatoms. The lowest BCUT2D eigenvalue weighted by atomic mass is 10.1. The monoisotopic (exact) mass is 964 g/mol. The first-order valence-electron chi connectivity index (χ1n) is 18.0. The maximum atomic E-state index is 13.1. The van der Waals surface area contributed by atoms with Gasteiger partial charge in [0.15, 0.2) is 31.9 Å². The van der Waals surface area contributed by atoms with Crippen molar-refractivity contribution in [3.63, 3.8) is 0 Å². The van der Waals surface area contributed by atoms with E-state index in [0.29, 0.717) is 18.7 Å². The van der Waals surface area contributed by atoms with Crippen LogP contribution < -0.4 is 9.47 Å². The average Bonchev–Trinajstić information content (AvgIpc) is 3.80. The van der Waals surface area contributed by atoms with Gasteiger partial charge in [-0.1, -0.05) is 0 Å². The van der Waals surface area contributed by atoms with Crippen LogP contribution in [0.15, 0.2) is 70.7 Å². The molecule has 0 unspecified atom stereocenters. The number of rotatable bonds is 8. The van der Waals surface area contributed by atoms with E-state index >= 15 is 0 Å². The molecule has 0 saturated heterocycles. The summed E-state index contributed by atoms with van der Waals surface area (Å²) < 4.78 is 212. The van der Waals surface area contributed by atoms with E-state index in [2.05, 4.69) is 9.97 Å². The Kier molecular flexibility index (Phi) is 13.4. The lowest BCUT2D eigenvalue weighted by Crippen LogP contribution is -2.32. The lowest BCUT2D eigenvalue weighted by Gasteiger charge is -2.22. The van der Waals surface area contributed by atoms with Crippen LogP contribution in [0.1, 0.15) is 68.2 Å². The molecule has 2 aliphatic rings. The van der Waals surface area contributed by atoms with Crippen molar-refractivity contribution in [2.24, 2.45) is 0 Å². The van der Waals surface area contributed by atoms with Gasteiger partial charge in [0.25, 0.3) is 11.8 Å². The maximum Gasteiger partial charge on any atom is 0.433 e. The third-order valence-electron chi connectivity index (χ3n) is 9.51. The number of alkyl halides is 12. The number of benzene rings is 2. The molecule has 4 aromatic rings. The molecule has 0 saturated carbocycles. The molecule has 0 spiro atoms. The molecule has 2 aromatic carbocycles. The Labute approximate surface area is 355 Å². The van der Waals surface area contributed by atoms with E-state index in [1.54, 1.807) is 0 Å². The van der Waals surface area contributed by atoms with Crippen LogP contribution in [0.3, 0.4) is 0 Å². The number of pyridine rings is 2. The number of nitrogens with zero attached hydrogens (tertiary/aromatic N) is 4. The fourth-order valence-corrected chi connectivity index (χ4v) is 7.31. The van der Waals surface area contributed by atoms with Gasteiger partial charge < -0.3 is 19.3 Å². The summed E-state index contributed by atoms with van der Waals surface area (Å²) in [4.78, 5) is 34.6. The van der Waals surface area contributed by atoms with Crippen molar-refractivity contribution in [3.8, 4) is 11.5 Å². The van der Waals surface area contributed by atoms with Gasteiger partial charge in [0.05, 0.1) is 38.7 Å². The number of amides is 2. The van der Waals surface area contributed by atoms with E-state index < -0.39 is 102 Å². The Morgan fingerprint density at radius 1 is 0.578 bits per heavy atom. The minimum Gasteiger partial charge on any atom is -0.480 e. The van der Waals surface area contributed by atoms with Crippen LogP contribution in [0.4, 0.5) is 52.7 Å². The van der Waals surface area contributed by atoms with Gasteiger partial charge in [-0.25, -0.2) is 16.8 Å². The highest BCUT2D eigenvalue weighted by Crippen LogP contribution is 2.37. The van der Waals surface area contributed by atoms with Crippen LogP contribution in [0.25, 0.3) is 0 Å². The second-order valence-corrected chi connectivity index (χ2v) is 18.5. The second kappa shape index (κ2) is 17.4. The zero-order chi connectivity index (χ0) is 48.1. The highest BCUT2D eigenvalue weighted by Gasteiger charge is 2.41. The zero-order valence-corrected chi connectivity index (χ0v) is 34.8. The van der Waals surface area contributed by atoms with Crippen molar-refractivity contribution in [2.45, 2.75) is 86.7 Å². The fourth-order valence-electron chi connectivity index (χ4n) is 6.01. The third kappa shape index (κ3) is 11.5. The van der Waals surface area contributed by atoms with Gasteiger partial charge in [0.1, 0.15) is 17.2 Å². The molecule has 64 heavy (non-hydrogen) atoms. The number of ether oxygens (including phenoxy) is 2. The molecule has 2 aromatic heterocycles. The summed E-state index contributed by atoms with van der Waals surface area (Å²) in [6.45, 7) is 0.516. The molecule has 12 nitrogen and oxygen atoms in total. The number of carbonyl (C=O) groups is 2. The highest BCUT2D eigenvalue weighted by molar-refractivity contribution is 7.91. The number of fused-ring (bicyclic) bond motifs is 2. The number of hydrogen-bond donors (Lipinski definition) is 0. The van der Waals surface area contributed by atoms with E-state index in [4.69, 9.17) is 9.47 Å². The number of aromatic nitrogens is 2. The quantitative estimate of drug-likeness (QED) is 0.159. The Bertz CT molecular complexity index is 2510. The van der Waals surface area contributed by atoms with Gasteiger partial charge in [0, 0.05) is 44.5 Å². The van der Waals surface area contributed by atoms with Crippen molar-refractivity contribution >= 4 is 31.5 Å². The first-order valence-corrected chi connectivity index (χ1v) is 21.8. The average molecular weight is 965 g/mol. The molecule has 4 heterocycles. The van der Waals surface area contributed by atoms with E-state index in [1.165, 1.54) is 0 Å². The molecular weight excluding hydrogens is 933 g/mol. The van der Waals surface area contributed by atoms with E-state index in [0.717, 1.165) is 84.0 Å². The van der Waals surface area contributed by atoms with Gasteiger partial charge >= 0.3 is 24.7 Å². The fraction of sp³-hybridized carbons (Fsp3) is 0.368. The normalized spacial score (nSPS) is 15.4. The summed E-state index contributed by atoms with van der Waals surface area (Å²) >= 11 is 0. The van der Waals surface area contributed by atoms with Crippen molar-refractivity contribution in [2.75, 3.05) is 12.5 Å². The molecule has 6 rings (SSSR count). The highest BCUT2D eigenvalue weighted by atomic mass is 32.2. The van der Waals surface area contributed by atoms with Crippen LogP contribution in [0.5, 0.6) is 11.5 Å². The van der Waals surface area contributed by atoms with Crippen LogP contribution in [-0.4, -0.2) is 85.5 Å². The van der Waals surface area contributed by atoms with Gasteiger partial charge in [-0.2, -0.15) is 52.7 Å². The standard InChI is InChI=1S/2C19H16F6N2O4S/c1-10(18(20,21)22)31-15-4-3-13(32(2,29)30)6-14(15)17(28)27-8-11-5-16(19(23,24)25)26-7-12(11)9-27;1-10(18(20,21)22)31-16-4-3-13(32(2,29)30)6-14(16)17(28)27-8-11-5-12(19(23,24)25)7-26-15(11)9-27/h2*3-7,10H,8-9H2,1-2H3/t2*10-/m00/s1. The summed E-state index contributed by atoms with van der Waals surface area (Å²) in [5, 5.41) is 0. The molecule has 2 atom stereocenters. The van der Waals surface area contributed by atoms with Gasteiger partial charge in [-0.05, 0) is 79.1 Å². The number of hydrogen-bond acceptors (Lipinski definition) is 10. The first-order chi connectivity index (χ1) is 29.1. The van der Waals surface area contributed by atoms with Crippen molar-refractivity contribution in [1.82, 2.24) is 19.8 Å². The van der Waals surface area contributed by atoms with E-state index in [1.807, 2.05) is 0 Å². The first kappa shape index (κ1) is 49.4. The third-order valence-corrected chi connectivity index (χ3v) is 11.7. The molecule has 0 radical (unpaired) electrons. The second-order valence-electron chi connectivity index (χ2n) is 14.4. The van der Waals surface area contributed by atoms with E-state index in [-0.39, 0.29) is 52.8 Å². The lowest BCUT2D eigenvalue weighted by molar-refractivity contribution is -0.189. The number of carbonyl (C=O) groups excluding carboxylic acids is 2. The Hall–Kier alpha value is -5.66. The Morgan fingerprint density at radius 2 is 1.02 bits per heavy atom. The summed E-state index contributed by atoms with van der Waals surface area (Å²) in [5.41, 5.74) is -2.26. The maximum absolute atomic E-state index is 13.1. The molecule has 0 aliphatic carbocycles. The molecule has 0 N–H and O–H groups in total. The number of sulfone groups is 2. The zero-order valence-electron chi connectivity index (χ0n) is 33.2. The topological polar surface area (TPSA) is 153 Å². The van der Waals surface area contributed by atoms with Gasteiger partial charge in [0.2, 0.25) is 0 Å². The van der Waals surface area contributed by atoms with E-state index in [9.17, 15) is 79.1 Å². The molecule has 2 aliphatic heterocycles. The summed E-state index contributed by atoms with van der Waals surface area (Å²) in [5.74, 6) is -2.82. The molecule has 2 amide bonds. The predicted molar refractivity (Wildman–Crippen MR) is 197 cm³/mol. The summed E-state index contributed by atoms with van der Waals surface area (Å²) in [6.07, 6.45) is -20.1. The molecule has 0 bridgehead atoms. The predicted octanol–water partition coefficient (Wildman–Crippen LogP) is 7.98. The van der Waals surface area contributed by atoms with Crippen LogP contribution in [-0.2, 0) is 58.2 Å². The van der Waals surface area contributed by atoms with Gasteiger partial charge in [-0.3, -0.25) is 19.6 Å². The minimum atomic E-state index is -4.75. The summed E-state index contributed by atoms with van der Waals surface area (Å²) in [7, 11) is -7.63. The van der Waals surface area contributed by atoms with Crippen LogP contribution in [0, 0.1) is 0 Å². The summed E-state index contributed by atoms with van der Waals surface area (Å²) in [6, 6.07) is 7.28. The molecule has 0 fully saturated rings. The van der Waals surface area contributed by atoms with Crippen molar-refractivity contribution in [3.05, 3.63) is 106 Å². The Balaban J connectivity index is 0.000000241. The molecule has 348 valence electrons. The number of halogens is 12. The van der Waals surface area contributed by atoms with Crippen molar-refractivity contribution in [1.29, 1.82) is 0 Å².